The van der Waals surface area contributed by atoms with E-state index >= 15 is 0 Å². The van der Waals surface area contributed by atoms with Crippen LogP contribution in [0.1, 0.15) is 61.1 Å². The Morgan fingerprint density at radius 2 is 1.86 bits per heavy atom. The Bertz CT molecular complexity index is 642. The summed E-state index contributed by atoms with van der Waals surface area (Å²) < 4.78 is 7.74. The minimum Gasteiger partial charge on any atom is -0.478 e. The van der Waals surface area contributed by atoms with E-state index in [1.54, 1.807) is 24.3 Å². The average molecular weight is 302 g/mol. The van der Waals surface area contributed by atoms with Gasteiger partial charge in [0.25, 0.3) is 0 Å². The summed E-state index contributed by atoms with van der Waals surface area (Å²) >= 11 is 0. The molecule has 0 unspecified atom stereocenters. The maximum Gasteiger partial charge on any atom is 0.335 e. The van der Waals surface area contributed by atoms with E-state index in [9.17, 15) is 4.79 Å². The lowest BCUT2D eigenvalue weighted by atomic mass is 10.1. The van der Waals surface area contributed by atoms with Crippen molar-refractivity contribution in [3.05, 3.63) is 47.2 Å². The summed E-state index contributed by atoms with van der Waals surface area (Å²) in [5.74, 6) is 0.0492. The summed E-state index contributed by atoms with van der Waals surface area (Å²) in [6, 6.07) is 6.97. The van der Waals surface area contributed by atoms with E-state index in [1.165, 1.54) is 0 Å². The quantitative estimate of drug-likeness (QED) is 0.880. The number of aromatic nitrogens is 2. The smallest absolute Gasteiger partial charge is 0.335 e. The second kappa shape index (κ2) is 6.64. The Balaban J connectivity index is 2.12. The van der Waals surface area contributed by atoms with Gasteiger partial charge in [-0.15, -0.1) is 5.10 Å². The summed E-state index contributed by atoms with van der Waals surface area (Å²) in [6.45, 7) is 8.73. The molecule has 0 fully saturated rings. The fourth-order valence-corrected chi connectivity index (χ4v) is 2.06. The van der Waals surface area contributed by atoms with Gasteiger partial charge in [-0.2, -0.15) is 0 Å². The molecule has 1 aromatic carbocycles. The number of hydrogen-bond acceptors (Lipinski definition) is 3. The van der Waals surface area contributed by atoms with Crippen LogP contribution in [0.2, 0.25) is 0 Å². The second-order valence-corrected chi connectivity index (χ2v) is 5.91. The van der Waals surface area contributed by atoms with E-state index in [2.05, 4.69) is 32.8 Å². The molecule has 2 rings (SSSR count). The molecule has 0 aliphatic rings. The van der Waals surface area contributed by atoms with Crippen LogP contribution in [-0.2, 0) is 6.61 Å². The first kappa shape index (κ1) is 16.1. The minimum atomic E-state index is -0.926. The van der Waals surface area contributed by atoms with Gasteiger partial charge in [-0.1, -0.05) is 26.0 Å². The molecule has 2 aromatic rings. The van der Waals surface area contributed by atoms with Gasteiger partial charge in [0, 0.05) is 17.8 Å². The molecule has 0 radical (unpaired) electrons. The SMILES string of the molecule is CC(C)c1cn(C(C)C)nc1OCc1ccc(C(=O)O)cc1. The third-order valence-electron chi connectivity index (χ3n) is 3.45. The van der Waals surface area contributed by atoms with Gasteiger partial charge in [-0.05, 0) is 37.5 Å². The van der Waals surface area contributed by atoms with Crippen LogP contribution < -0.4 is 4.74 Å². The molecule has 0 bridgehead atoms. The highest BCUT2D eigenvalue weighted by Crippen LogP contribution is 2.27. The maximum atomic E-state index is 10.8. The molecular formula is C17H22N2O3. The maximum absolute atomic E-state index is 10.8. The lowest BCUT2D eigenvalue weighted by Gasteiger charge is -2.08. The number of hydrogen-bond donors (Lipinski definition) is 1. The van der Waals surface area contributed by atoms with E-state index in [0.717, 1.165) is 11.1 Å². The molecule has 5 nitrogen and oxygen atoms in total. The molecule has 0 spiro atoms. The van der Waals surface area contributed by atoms with E-state index in [0.29, 0.717) is 18.4 Å². The Morgan fingerprint density at radius 3 is 2.36 bits per heavy atom. The van der Waals surface area contributed by atoms with Crippen molar-refractivity contribution in [2.75, 3.05) is 0 Å². The van der Waals surface area contributed by atoms with Crippen molar-refractivity contribution in [1.29, 1.82) is 0 Å². The van der Waals surface area contributed by atoms with E-state index < -0.39 is 5.97 Å². The molecule has 5 heteroatoms. The van der Waals surface area contributed by atoms with Gasteiger partial charge in [0.05, 0.1) is 5.56 Å². The van der Waals surface area contributed by atoms with Crippen molar-refractivity contribution < 1.29 is 14.6 Å². The highest BCUT2D eigenvalue weighted by molar-refractivity contribution is 5.87. The monoisotopic (exact) mass is 302 g/mol. The molecule has 0 aliphatic heterocycles. The zero-order valence-electron chi connectivity index (χ0n) is 13.4. The number of carbonyl (C=O) groups is 1. The summed E-state index contributed by atoms with van der Waals surface area (Å²) in [5.41, 5.74) is 2.27. The van der Waals surface area contributed by atoms with Crippen LogP contribution in [0.15, 0.2) is 30.5 Å². The van der Waals surface area contributed by atoms with Crippen LogP contribution in [0.5, 0.6) is 5.88 Å². The van der Waals surface area contributed by atoms with Crippen molar-refractivity contribution >= 4 is 5.97 Å². The number of aromatic carboxylic acids is 1. The van der Waals surface area contributed by atoms with Crippen LogP contribution in [0, 0.1) is 0 Å². The summed E-state index contributed by atoms with van der Waals surface area (Å²) in [6.07, 6.45) is 2.03. The van der Waals surface area contributed by atoms with Crippen LogP contribution in [0.25, 0.3) is 0 Å². The van der Waals surface area contributed by atoms with Crippen molar-refractivity contribution in [2.45, 2.75) is 46.3 Å². The first-order chi connectivity index (χ1) is 10.4. The first-order valence-electron chi connectivity index (χ1n) is 7.42. The molecule has 1 aromatic heterocycles. The number of carboxylic acid groups (broad SMARTS) is 1. The van der Waals surface area contributed by atoms with Crippen molar-refractivity contribution in [1.82, 2.24) is 9.78 Å². The van der Waals surface area contributed by atoms with Crippen LogP contribution in [0.4, 0.5) is 0 Å². The molecular weight excluding hydrogens is 280 g/mol. The molecule has 118 valence electrons. The molecule has 1 heterocycles. The Kier molecular flexibility index (Phi) is 4.85. The van der Waals surface area contributed by atoms with Gasteiger partial charge >= 0.3 is 5.97 Å². The number of benzene rings is 1. The predicted molar refractivity (Wildman–Crippen MR) is 84.4 cm³/mol. The van der Waals surface area contributed by atoms with Crippen LogP contribution in [-0.4, -0.2) is 20.9 Å². The van der Waals surface area contributed by atoms with E-state index in [-0.39, 0.29) is 11.6 Å². The fraction of sp³-hybridized carbons (Fsp3) is 0.412. The third-order valence-corrected chi connectivity index (χ3v) is 3.45. The number of nitrogens with zero attached hydrogens (tertiary/aromatic N) is 2. The number of rotatable bonds is 6. The average Bonchev–Trinajstić information content (AvgIpc) is 2.90. The van der Waals surface area contributed by atoms with E-state index in [4.69, 9.17) is 9.84 Å². The molecule has 1 N–H and O–H groups in total. The molecule has 22 heavy (non-hydrogen) atoms. The third kappa shape index (κ3) is 3.67. The highest BCUT2D eigenvalue weighted by atomic mass is 16.5. The summed E-state index contributed by atoms with van der Waals surface area (Å²) in [4.78, 5) is 10.8. The van der Waals surface area contributed by atoms with Gasteiger partial charge in [0.15, 0.2) is 0 Å². The molecule has 0 aliphatic carbocycles. The standard InChI is InChI=1S/C17H22N2O3/c1-11(2)15-9-19(12(3)4)18-16(15)22-10-13-5-7-14(8-6-13)17(20)21/h5-9,11-12H,10H2,1-4H3,(H,20,21). The second-order valence-electron chi connectivity index (χ2n) is 5.91. The van der Waals surface area contributed by atoms with Crippen molar-refractivity contribution in [3.63, 3.8) is 0 Å². The van der Waals surface area contributed by atoms with Gasteiger partial charge in [-0.25, -0.2) is 4.79 Å². The van der Waals surface area contributed by atoms with Gasteiger partial charge < -0.3 is 9.84 Å². The van der Waals surface area contributed by atoms with Gasteiger partial charge in [-0.3, -0.25) is 4.68 Å². The lowest BCUT2D eigenvalue weighted by molar-refractivity contribution is 0.0697. The van der Waals surface area contributed by atoms with Crippen molar-refractivity contribution in [3.8, 4) is 5.88 Å². The summed E-state index contributed by atoms with van der Waals surface area (Å²) in [7, 11) is 0. The highest BCUT2D eigenvalue weighted by Gasteiger charge is 2.15. The van der Waals surface area contributed by atoms with Crippen LogP contribution >= 0.6 is 0 Å². The van der Waals surface area contributed by atoms with Gasteiger partial charge in [0.1, 0.15) is 6.61 Å². The van der Waals surface area contributed by atoms with Crippen molar-refractivity contribution in [2.24, 2.45) is 0 Å². The molecule has 0 atom stereocenters. The Morgan fingerprint density at radius 1 is 1.23 bits per heavy atom. The Labute approximate surface area is 130 Å². The zero-order chi connectivity index (χ0) is 16.3. The zero-order valence-corrected chi connectivity index (χ0v) is 13.4. The van der Waals surface area contributed by atoms with E-state index in [1.807, 2.05) is 10.9 Å². The predicted octanol–water partition coefficient (Wildman–Crippen LogP) is 3.86. The number of ether oxygens (including phenoxy) is 1. The first-order valence-corrected chi connectivity index (χ1v) is 7.42. The van der Waals surface area contributed by atoms with Crippen LogP contribution in [0.3, 0.4) is 0 Å². The largest absolute Gasteiger partial charge is 0.478 e. The minimum absolute atomic E-state index is 0.274. The molecule has 0 saturated carbocycles. The summed E-state index contributed by atoms with van der Waals surface area (Å²) in [5, 5.41) is 13.4. The normalized spacial score (nSPS) is 11.2. The Hall–Kier alpha value is -2.30. The van der Waals surface area contributed by atoms with Gasteiger partial charge in [0.2, 0.25) is 5.88 Å². The molecule has 0 amide bonds. The number of carboxylic acids is 1. The lowest BCUT2D eigenvalue weighted by Crippen LogP contribution is -2.03. The topological polar surface area (TPSA) is 64.4 Å². The molecule has 0 saturated heterocycles. The fourth-order valence-electron chi connectivity index (χ4n) is 2.06.